The fourth-order valence-corrected chi connectivity index (χ4v) is 2.62. The van der Waals surface area contributed by atoms with Crippen LogP contribution in [0.4, 0.5) is 5.69 Å². The summed E-state index contributed by atoms with van der Waals surface area (Å²) in [4.78, 5) is 12.3. The minimum Gasteiger partial charge on any atom is -0.326 e. The van der Waals surface area contributed by atoms with Crippen LogP contribution in [0.2, 0.25) is 0 Å². The van der Waals surface area contributed by atoms with Gasteiger partial charge in [-0.15, -0.1) is 0 Å². The van der Waals surface area contributed by atoms with E-state index < -0.39 is 0 Å². The van der Waals surface area contributed by atoms with Gasteiger partial charge in [-0.05, 0) is 42.2 Å². The van der Waals surface area contributed by atoms with E-state index in [0.717, 1.165) is 23.2 Å². The second kappa shape index (κ2) is 5.10. The molecule has 0 spiro atoms. The Balaban J connectivity index is 1.73. The number of carbonyl (C=O) groups excluding carboxylic acids is 1. The van der Waals surface area contributed by atoms with Crippen LogP contribution in [-0.4, -0.2) is 5.91 Å². The van der Waals surface area contributed by atoms with E-state index in [1.54, 1.807) is 0 Å². The van der Waals surface area contributed by atoms with E-state index in [1.807, 2.05) is 49.4 Å². The molecule has 0 heterocycles. The van der Waals surface area contributed by atoms with Crippen molar-refractivity contribution >= 4 is 11.6 Å². The lowest BCUT2D eigenvalue weighted by Gasteiger charge is -2.28. The number of nitrogens with one attached hydrogen (secondary N) is 1. The van der Waals surface area contributed by atoms with Crippen molar-refractivity contribution in [2.45, 2.75) is 25.3 Å². The van der Waals surface area contributed by atoms with Crippen LogP contribution in [0, 0.1) is 0 Å². The Morgan fingerprint density at radius 2 is 2.05 bits per heavy atom. The smallest absolute Gasteiger partial charge is 0.232 e. The Kier molecular flexibility index (Phi) is 3.28. The van der Waals surface area contributed by atoms with Crippen molar-refractivity contribution in [2.24, 2.45) is 5.73 Å². The summed E-state index contributed by atoms with van der Waals surface area (Å²) in [6.07, 6.45) is 0.828. The molecule has 3 heteroatoms. The lowest BCUT2D eigenvalue weighted by atomic mass is 9.77. The first kappa shape index (κ1) is 12.9. The van der Waals surface area contributed by atoms with Crippen LogP contribution in [0.1, 0.15) is 35.6 Å². The molecule has 2 unspecified atom stereocenters. The first-order valence-electron chi connectivity index (χ1n) is 6.89. The number of fused-ring (bicyclic) bond motifs is 1. The van der Waals surface area contributed by atoms with E-state index in [9.17, 15) is 4.79 Å². The van der Waals surface area contributed by atoms with Crippen LogP contribution in [0.5, 0.6) is 0 Å². The van der Waals surface area contributed by atoms with E-state index >= 15 is 0 Å². The van der Waals surface area contributed by atoms with Gasteiger partial charge in [0.2, 0.25) is 5.91 Å². The summed E-state index contributed by atoms with van der Waals surface area (Å²) in [6, 6.07) is 15.8. The zero-order chi connectivity index (χ0) is 14.1. The van der Waals surface area contributed by atoms with Crippen molar-refractivity contribution in [1.29, 1.82) is 0 Å². The molecule has 102 valence electrons. The third-order valence-electron chi connectivity index (χ3n) is 3.85. The van der Waals surface area contributed by atoms with Crippen LogP contribution < -0.4 is 11.1 Å². The number of amides is 1. The Labute approximate surface area is 118 Å². The molecule has 2 aromatic carbocycles. The standard InChI is InChI=1S/C17H18N2O/c1-11(18)12-6-4-7-14(9-12)19-17(20)16-10-13-5-2-3-8-15(13)16/h2-9,11,16H,10,18H2,1H3,(H,19,20). The van der Waals surface area contributed by atoms with Gasteiger partial charge in [0.1, 0.15) is 0 Å². The zero-order valence-electron chi connectivity index (χ0n) is 11.5. The van der Waals surface area contributed by atoms with E-state index in [0.29, 0.717) is 0 Å². The number of hydrogen-bond donors (Lipinski definition) is 2. The summed E-state index contributed by atoms with van der Waals surface area (Å²) >= 11 is 0. The Bertz CT molecular complexity index is 649. The Morgan fingerprint density at radius 3 is 2.80 bits per heavy atom. The second-order valence-electron chi connectivity index (χ2n) is 5.36. The SMILES string of the molecule is CC(N)c1cccc(NC(=O)C2Cc3ccccc32)c1. The summed E-state index contributed by atoms with van der Waals surface area (Å²) in [5.74, 6) is 0.0377. The summed E-state index contributed by atoms with van der Waals surface area (Å²) in [5, 5.41) is 2.99. The van der Waals surface area contributed by atoms with Gasteiger partial charge >= 0.3 is 0 Å². The van der Waals surface area contributed by atoms with Gasteiger partial charge in [0.05, 0.1) is 5.92 Å². The molecule has 20 heavy (non-hydrogen) atoms. The molecule has 3 N–H and O–H groups in total. The van der Waals surface area contributed by atoms with Gasteiger partial charge in [-0.1, -0.05) is 36.4 Å². The average molecular weight is 266 g/mol. The number of hydrogen-bond acceptors (Lipinski definition) is 2. The molecule has 2 atom stereocenters. The van der Waals surface area contributed by atoms with E-state index in [-0.39, 0.29) is 17.9 Å². The van der Waals surface area contributed by atoms with E-state index in [4.69, 9.17) is 5.73 Å². The predicted octanol–water partition coefficient (Wildman–Crippen LogP) is 2.98. The third kappa shape index (κ3) is 2.32. The van der Waals surface area contributed by atoms with E-state index in [1.165, 1.54) is 5.56 Å². The molecular weight excluding hydrogens is 248 g/mol. The van der Waals surface area contributed by atoms with Crippen LogP contribution in [0.25, 0.3) is 0 Å². The second-order valence-corrected chi connectivity index (χ2v) is 5.36. The third-order valence-corrected chi connectivity index (χ3v) is 3.85. The minimum absolute atomic E-state index is 0.0230. The average Bonchev–Trinajstić information content (AvgIpc) is 2.40. The quantitative estimate of drug-likeness (QED) is 0.897. The van der Waals surface area contributed by atoms with Crippen molar-refractivity contribution in [2.75, 3.05) is 5.32 Å². The molecule has 1 amide bonds. The van der Waals surface area contributed by atoms with E-state index in [2.05, 4.69) is 11.4 Å². The fraction of sp³-hybridized carbons (Fsp3) is 0.235. The van der Waals surface area contributed by atoms with Crippen molar-refractivity contribution in [3.05, 3.63) is 65.2 Å². The maximum absolute atomic E-state index is 12.3. The van der Waals surface area contributed by atoms with Gasteiger partial charge in [0.25, 0.3) is 0 Å². The minimum atomic E-state index is -0.0312. The Morgan fingerprint density at radius 1 is 1.25 bits per heavy atom. The number of nitrogens with two attached hydrogens (primary N) is 1. The number of rotatable bonds is 3. The van der Waals surface area contributed by atoms with Crippen LogP contribution >= 0.6 is 0 Å². The molecular formula is C17H18N2O. The van der Waals surface area contributed by atoms with Crippen LogP contribution in [-0.2, 0) is 11.2 Å². The molecule has 0 saturated carbocycles. The summed E-state index contributed by atoms with van der Waals surface area (Å²) in [6.45, 7) is 1.93. The van der Waals surface area contributed by atoms with Gasteiger partial charge in [-0.25, -0.2) is 0 Å². The molecule has 0 saturated heterocycles. The van der Waals surface area contributed by atoms with Crippen molar-refractivity contribution in [1.82, 2.24) is 0 Å². The highest BCUT2D eigenvalue weighted by atomic mass is 16.1. The molecule has 0 radical (unpaired) electrons. The normalized spacial score (nSPS) is 17.8. The zero-order valence-corrected chi connectivity index (χ0v) is 11.5. The Hall–Kier alpha value is -2.13. The molecule has 3 nitrogen and oxygen atoms in total. The molecule has 1 aliphatic rings. The maximum Gasteiger partial charge on any atom is 0.232 e. The summed E-state index contributed by atoms with van der Waals surface area (Å²) in [5.41, 5.74) is 10.1. The van der Waals surface area contributed by atoms with Gasteiger partial charge < -0.3 is 11.1 Å². The predicted molar refractivity (Wildman–Crippen MR) is 80.6 cm³/mol. The van der Waals surface area contributed by atoms with Gasteiger partial charge in [0, 0.05) is 11.7 Å². The van der Waals surface area contributed by atoms with Crippen molar-refractivity contribution in [3.8, 4) is 0 Å². The van der Waals surface area contributed by atoms with Crippen molar-refractivity contribution < 1.29 is 4.79 Å². The molecule has 0 fully saturated rings. The maximum atomic E-state index is 12.3. The molecule has 0 aliphatic heterocycles. The van der Waals surface area contributed by atoms with Crippen molar-refractivity contribution in [3.63, 3.8) is 0 Å². The molecule has 1 aliphatic carbocycles. The lowest BCUT2D eigenvalue weighted by molar-refractivity contribution is -0.118. The molecule has 0 bridgehead atoms. The largest absolute Gasteiger partial charge is 0.326 e. The lowest BCUT2D eigenvalue weighted by Crippen LogP contribution is -2.30. The highest BCUT2D eigenvalue weighted by molar-refractivity contribution is 5.97. The summed E-state index contributed by atoms with van der Waals surface area (Å²) < 4.78 is 0. The fourth-order valence-electron chi connectivity index (χ4n) is 2.62. The first-order valence-corrected chi connectivity index (χ1v) is 6.89. The number of anilines is 1. The topological polar surface area (TPSA) is 55.1 Å². The number of benzene rings is 2. The number of carbonyl (C=O) groups is 1. The molecule has 2 aromatic rings. The molecule has 3 rings (SSSR count). The monoisotopic (exact) mass is 266 g/mol. The van der Waals surface area contributed by atoms with Gasteiger partial charge in [-0.3, -0.25) is 4.79 Å². The summed E-state index contributed by atoms with van der Waals surface area (Å²) in [7, 11) is 0. The first-order chi connectivity index (χ1) is 9.65. The highest BCUT2D eigenvalue weighted by Gasteiger charge is 2.31. The molecule has 0 aromatic heterocycles. The van der Waals surface area contributed by atoms with Crippen LogP contribution in [0.3, 0.4) is 0 Å². The van der Waals surface area contributed by atoms with Gasteiger partial charge in [-0.2, -0.15) is 0 Å². The highest BCUT2D eigenvalue weighted by Crippen LogP contribution is 2.35. The van der Waals surface area contributed by atoms with Gasteiger partial charge in [0.15, 0.2) is 0 Å². The van der Waals surface area contributed by atoms with Crippen LogP contribution in [0.15, 0.2) is 48.5 Å².